The van der Waals surface area contributed by atoms with Crippen LogP contribution in [-0.2, 0) is 0 Å². The molecule has 0 saturated heterocycles. The zero-order valence-electron chi connectivity index (χ0n) is 10.0. The number of rotatable bonds is 4. The molecule has 1 aromatic heterocycles. The molecule has 1 aliphatic rings. The number of hydrogen-bond acceptors (Lipinski definition) is 2. The Morgan fingerprint density at radius 1 is 1.24 bits per heavy atom. The number of para-hydroxylation sites is 1. The molecular weight excluding hydrogens is 210 g/mol. The van der Waals surface area contributed by atoms with Crippen molar-refractivity contribution < 1.29 is 0 Å². The van der Waals surface area contributed by atoms with Crippen molar-refractivity contribution in [3.8, 4) is 5.69 Å². The molecule has 1 aromatic carbocycles. The zero-order valence-corrected chi connectivity index (χ0v) is 10.0. The van der Waals surface area contributed by atoms with E-state index in [1.165, 1.54) is 18.5 Å². The Morgan fingerprint density at radius 3 is 2.65 bits per heavy atom. The Morgan fingerprint density at radius 2 is 2.00 bits per heavy atom. The van der Waals surface area contributed by atoms with Gasteiger partial charge in [-0.1, -0.05) is 18.2 Å². The number of nitrogens with one attached hydrogen (secondary N) is 1. The zero-order chi connectivity index (χ0) is 11.7. The minimum absolute atomic E-state index is 0.428. The Bertz CT molecular complexity index is 485. The second-order valence-corrected chi connectivity index (χ2v) is 4.61. The molecule has 1 saturated carbocycles. The standard InChI is InChI=1S/C14H17N3/c1-15-14(11-7-8-11)13-9-10-16-17(13)12-5-3-2-4-6-12/h2-6,9-11,14-15H,7-8H2,1H3. The maximum absolute atomic E-state index is 4.44. The van der Waals surface area contributed by atoms with E-state index in [2.05, 4.69) is 28.6 Å². The van der Waals surface area contributed by atoms with Crippen LogP contribution in [0.25, 0.3) is 5.69 Å². The summed E-state index contributed by atoms with van der Waals surface area (Å²) >= 11 is 0. The molecule has 0 spiro atoms. The second-order valence-electron chi connectivity index (χ2n) is 4.61. The lowest BCUT2D eigenvalue weighted by molar-refractivity contribution is 0.500. The number of hydrogen-bond donors (Lipinski definition) is 1. The van der Waals surface area contributed by atoms with E-state index in [9.17, 15) is 0 Å². The first-order valence-corrected chi connectivity index (χ1v) is 6.17. The van der Waals surface area contributed by atoms with Gasteiger partial charge < -0.3 is 5.32 Å². The summed E-state index contributed by atoms with van der Waals surface area (Å²) in [7, 11) is 2.03. The molecule has 1 aliphatic carbocycles. The first-order valence-electron chi connectivity index (χ1n) is 6.17. The maximum Gasteiger partial charge on any atom is 0.0649 e. The molecule has 1 fully saturated rings. The monoisotopic (exact) mass is 227 g/mol. The highest BCUT2D eigenvalue weighted by molar-refractivity contribution is 5.33. The molecule has 3 nitrogen and oxygen atoms in total. The van der Waals surface area contributed by atoms with Gasteiger partial charge in [-0.15, -0.1) is 0 Å². The van der Waals surface area contributed by atoms with Crippen LogP contribution in [0.3, 0.4) is 0 Å². The summed E-state index contributed by atoms with van der Waals surface area (Å²) in [6.45, 7) is 0. The molecule has 2 aromatic rings. The van der Waals surface area contributed by atoms with Crippen molar-refractivity contribution in [1.29, 1.82) is 0 Å². The smallest absolute Gasteiger partial charge is 0.0649 e. The summed E-state index contributed by atoms with van der Waals surface area (Å²) in [6, 6.07) is 12.9. The van der Waals surface area contributed by atoms with E-state index < -0.39 is 0 Å². The Labute approximate surface area is 101 Å². The Kier molecular flexibility index (Phi) is 2.69. The van der Waals surface area contributed by atoms with Crippen molar-refractivity contribution in [2.24, 2.45) is 5.92 Å². The average Bonchev–Trinajstić information content (AvgIpc) is 3.09. The van der Waals surface area contributed by atoms with Crippen LogP contribution in [-0.4, -0.2) is 16.8 Å². The van der Waals surface area contributed by atoms with Crippen LogP contribution in [0.15, 0.2) is 42.6 Å². The summed E-state index contributed by atoms with van der Waals surface area (Å²) < 4.78 is 2.04. The molecule has 0 bridgehead atoms. The van der Waals surface area contributed by atoms with Crippen molar-refractivity contribution in [3.63, 3.8) is 0 Å². The quantitative estimate of drug-likeness (QED) is 0.870. The van der Waals surface area contributed by atoms with Gasteiger partial charge in [-0.2, -0.15) is 5.10 Å². The van der Waals surface area contributed by atoms with Crippen LogP contribution < -0.4 is 5.32 Å². The summed E-state index contributed by atoms with van der Waals surface area (Å²) in [6.07, 6.45) is 4.53. The topological polar surface area (TPSA) is 29.9 Å². The van der Waals surface area contributed by atoms with Gasteiger partial charge in [0, 0.05) is 6.20 Å². The third-order valence-electron chi connectivity index (χ3n) is 3.40. The summed E-state index contributed by atoms with van der Waals surface area (Å²) in [5.41, 5.74) is 2.40. The third kappa shape index (κ3) is 1.98. The number of aromatic nitrogens is 2. The molecule has 3 rings (SSSR count). The molecule has 1 heterocycles. The first kappa shape index (κ1) is 10.5. The van der Waals surface area contributed by atoms with E-state index in [-0.39, 0.29) is 0 Å². The van der Waals surface area contributed by atoms with Crippen molar-refractivity contribution in [2.45, 2.75) is 18.9 Å². The molecule has 88 valence electrons. The largest absolute Gasteiger partial charge is 0.311 e. The van der Waals surface area contributed by atoms with E-state index in [0.717, 1.165) is 11.6 Å². The van der Waals surface area contributed by atoms with Crippen LogP contribution in [0, 0.1) is 5.92 Å². The van der Waals surface area contributed by atoms with Gasteiger partial charge in [-0.3, -0.25) is 0 Å². The molecular formula is C14H17N3. The Balaban J connectivity index is 1.98. The summed E-state index contributed by atoms with van der Waals surface area (Å²) in [5, 5.41) is 7.86. The Hall–Kier alpha value is -1.61. The predicted molar refractivity (Wildman–Crippen MR) is 68.1 cm³/mol. The highest BCUT2D eigenvalue weighted by Gasteiger charge is 2.33. The van der Waals surface area contributed by atoms with Gasteiger partial charge in [0.05, 0.1) is 17.4 Å². The molecule has 1 unspecified atom stereocenters. The van der Waals surface area contributed by atoms with E-state index in [0.29, 0.717) is 6.04 Å². The minimum Gasteiger partial charge on any atom is -0.311 e. The molecule has 3 heteroatoms. The fourth-order valence-electron chi connectivity index (χ4n) is 2.39. The molecule has 17 heavy (non-hydrogen) atoms. The van der Waals surface area contributed by atoms with E-state index >= 15 is 0 Å². The SMILES string of the molecule is CNC(c1ccnn1-c1ccccc1)C1CC1. The molecule has 0 aliphatic heterocycles. The fourth-order valence-corrected chi connectivity index (χ4v) is 2.39. The highest BCUT2D eigenvalue weighted by atomic mass is 15.3. The maximum atomic E-state index is 4.44. The van der Waals surface area contributed by atoms with Gasteiger partial charge in [-0.25, -0.2) is 4.68 Å². The lowest BCUT2D eigenvalue weighted by Gasteiger charge is -2.17. The molecule has 1 N–H and O–H groups in total. The normalized spacial score (nSPS) is 17.0. The van der Waals surface area contributed by atoms with Gasteiger partial charge in [-0.05, 0) is 44.0 Å². The van der Waals surface area contributed by atoms with Crippen molar-refractivity contribution in [1.82, 2.24) is 15.1 Å². The second kappa shape index (κ2) is 4.34. The highest BCUT2D eigenvalue weighted by Crippen LogP contribution is 2.41. The van der Waals surface area contributed by atoms with Crippen LogP contribution in [0.1, 0.15) is 24.6 Å². The first-order chi connectivity index (χ1) is 8.40. The summed E-state index contributed by atoms with van der Waals surface area (Å²) in [5.74, 6) is 0.777. The van der Waals surface area contributed by atoms with Gasteiger partial charge >= 0.3 is 0 Å². The van der Waals surface area contributed by atoms with Crippen LogP contribution in [0.5, 0.6) is 0 Å². The van der Waals surface area contributed by atoms with Gasteiger partial charge in [0.2, 0.25) is 0 Å². The molecule has 0 amide bonds. The minimum atomic E-state index is 0.428. The van der Waals surface area contributed by atoms with Crippen molar-refractivity contribution in [2.75, 3.05) is 7.05 Å². The number of benzene rings is 1. The summed E-state index contributed by atoms with van der Waals surface area (Å²) in [4.78, 5) is 0. The average molecular weight is 227 g/mol. The lowest BCUT2D eigenvalue weighted by Crippen LogP contribution is -2.21. The number of nitrogens with zero attached hydrogens (tertiary/aromatic N) is 2. The van der Waals surface area contributed by atoms with Crippen LogP contribution in [0.4, 0.5) is 0 Å². The van der Waals surface area contributed by atoms with E-state index in [1.54, 1.807) is 0 Å². The lowest BCUT2D eigenvalue weighted by atomic mass is 10.1. The van der Waals surface area contributed by atoms with Gasteiger partial charge in [0.25, 0.3) is 0 Å². The van der Waals surface area contributed by atoms with Gasteiger partial charge in [0.1, 0.15) is 0 Å². The molecule has 1 atom stereocenters. The van der Waals surface area contributed by atoms with Crippen LogP contribution in [0.2, 0.25) is 0 Å². The van der Waals surface area contributed by atoms with E-state index in [4.69, 9.17) is 0 Å². The van der Waals surface area contributed by atoms with Crippen LogP contribution >= 0.6 is 0 Å². The van der Waals surface area contributed by atoms with E-state index in [1.807, 2.05) is 36.1 Å². The fraction of sp³-hybridized carbons (Fsp3) is 0.357. The van der Waals surface area contributed by atoms with Crippen molar-refractivity contribution >= 4 is 0 Å². The van der Waals surface area contributed by atoms with Gasteiger partial charge in [0.15, 0.2) is 0 Å². The predicted octanol–water partition coefficient (Wildman–Crippen LogP) is 2.54. The van der Waals surface area contributed by atoms with Crippen molar-refractivity contribution in [3.05, 3.63) is 48.3 Å². The third-order valence-corrected chi connectivity index (χ3v) is 3.40. The molecule has 0 radical (unpaired) electrons.